The number of nitrogens with one attached hydrogen (secondary N) is 3. The fourth-order valence-corrected chi connectivity index (χ4v) is 5.64. The molecule has 0 radical (unpaired) electrons. The van der Waals surface area contributed by atoms with Gasteiger partial charge in [-0.3, -0.25) is 15.5 Å². The predicted octanol–water partition coefficient (Wildman–Crippen LogP) is 7.33. The Labute approximate surface area is 342 Å². The summed E-state index contributed by atoms with van der Waals surface area (Å²) in [6.45, 7) is 10.7. The van der Waals surface area contributed by atoms with Gasteiger partial charge in [0.05, 0.1) is 24.8 Å². The largest absolute Gasteiger partial charge is 0.418 e. The maximum Gasteiger partial charge on any atom is 0.418 e. The van der Waals surface area contributed by atoms with Crippen molar-refractivity contribution in [1.82, 2.24) is 35.2 Å². The molecular formula is C38H46Br2F2N8O6. The van der Waals surface area contributed by atoms with Crippen molar-refractivity contribution >= 4 is 50.2 Å². The minimum absolute atomic E-state index is 0.0118. The van der Waals surface area contributed by atoms with Gasteiger partial charge in [0.15, 0.2) is 23.3 Å². The van der Waals surface area contributed by atoms with Crippen molar-refractivity contribution < 1.29 is 34.8 Å². The first-order valence-corrected chi connectivity index (χ1v) is 18.9. The van der Waals surface area contributed by atoms with Gasteiger partial charge in [-0.2, -0.15) is 5.10 Å². The Kier molecular flexibility index (Phi) is 20.0. The molecule has 0 unspecified atom stereocenters. The fourth-order valence-electron chi connectivity index (χ4n) is 5.04. The minimum Gasteiger partial charge on any atom is -0.412 e. The lowest BCUT2D eigenvalue weighted by Gasteiger charge is -2.23. The maximum absolute atomic E-state index is 13.9. The Balaban J connectivity index is 0.000000290. The Bertz CT molecular complexity index is 2000. The van der Waals surface area contributed by atoms with E-state index in [4.69, 9.17) is 16.4 Å². The topological polar surface area (TPSA) is 186 Å². The predicted molar refractivity (Wildman–Crippen MR) is 216 cm³/mol. The van der Waals surface area contributed by atoms with E-state index in [0.717, 1.165) is 23.0 Å². The van der Waals surface area contributed by atoms with Crippen LogP contribution in [0.4, 0.5) is 19.4 Å². The number of hydrazine groups is 1. The average molecular weight is 910 g/mol. The number of carbonyl (C=O) groups excluding carboxylic acids is 2. The highest BCUT2D eigenvalue weighted by atomic mass is 79.9. The van der Waals surface area contributed by atoms with E-state index in [2.05, 4.69) is 63.1 Å². The summed E-state index contributed by atoms with van der Waals surface area (Å²) in [5, 5.41) is 6.31. The molecule has 2 amide bonds. The van der Waals surface area contributed by atoms with Crippen LogP contribution in [0.5, 0.6) is 5.75 Å². The lowest BCUT2D eigenvalue weighted by Crippen LogP contribution is -2.46. The summed E-state index contributed by atoms with van der Waals surface area (Å²) >= 11 is 6.21. The van der Waals surface area contributed by atoms with Crippen LogP contribution in [0, 0.1) is 17.6 Å². The Morgan fingerprint density at radius 2 is 1.55 bits per heavy atom. The number of para-hydroxylation sites is 1. The monoisotopic (exact) mass is 907 g/mol. The number of hydrogen-bond acceptors (Lipinski definition) is 9. The van der Waals surface area contributed by atoms with E-state index in [9.17, 15) is 23.2 Å². The zero-order chi connectivity index (χ0) is 42.3. The third-order valence-corrected chi connectivity index (χ3v) is 8.75. The van der Waals surface area contributed by atoms with Gasteiger partial charge in [0, 0.05) is 21.3 Å². The maximum atomic E-state index is 13.9. The van der Waals surface area contributed by atoms with Crippen molar-refractivity contribution in [1.29, 1.82) is 0 Å². The van der Waals surface area contributed by atoms with E-state index in [1.165, 1.54) is 35.5 Å². The normalized spacial score (nSPS) is 12.2. The van der Waals surface area contributed by atoms with Crippen molar-refractivity contribution in [3.8, 4) is 11.6 Å². The molecule has 0 aliphatic rings. The summed E-state index contributed by atoms with van der Waals surface area (Å²) in [5.41, 5.74) is 12.4. The highest BCUT2D eigenvalue weighted by Crippen LogP contribution is 2.20. The number of hydrogen-bond donors (Lipinski definition) is 3. The summed E-state index contributed by atoms with van der Waals surface area (Å²) in [6.07, 6.45) is 5.67. The summed E-state index contributed by atoms with van der Waals surface area (Å²) in [6, 6.07) is 21.1. The van der Waals surface area contributed by atoms with Crippen LogP contribution in [0.1, 0.15) is 60.5 Å². The average Bonchev–Trinajstić information content (AvgIpc) is 3.57. The molecule has 14 nitrogen and oxygen atoms in total. The van der Waals surface area contributed by atoms with Gasteiger partial charge in [-0.25, -0.2) is 43.0 Å². The molecule has 5 rings (SSSR count). The van der Waals surface area contributed by atoms with Gasteiger partial charge in [-0.1, -0.05) is 76.2 Å². The first-order valence-electron chi connectivity index (χ1n) is 17.8. The van der Waals surface area contributed by atoms with Crippen LogP contribution in [0.3, 0.4) is 0 Å². The quantitative estimate of drug-likeness (QED) is 0.0758. The molecule has 0 bridgehead atoms. The smallest absolute Gasteiger partial charge is 0.412 e. The second-order valence-corrected chi connectivity index (χ2v) is 14.0. The number of benzene rings is 2. The van der Waals surface area contributed by atoms with Crippen LogP contribution < -0.4 is 26.6 Å². The van der Waals surface area contributed by atoms with Crippen LogP contribution in [-0.4, -0.2) is 54.4 Å². The van der Waals surface area contributed by atoms with Crippen LogP contribution in [0.25, 0.3) is 5.82 Å². The minimum atomic E-state index is -0.796. The second kappa shape index (κ2) is 24.6. The van der Waals surface area contributed by atoms with E-state index in [-0.39, 0.29) is 41.4 Å². The van der Waals surface area contributed by atoms with E-state index >= 15 is 0 Å². The number of aromatic nitrogens is 5. The van der Waals surface area contributed by atoms with Crippen molar-refractivity contribution in [3.63, 3.8) is 0 Å². The molecular weight excluding hydrogens is 862 g/mol. The zero-order valence-electron chi connectivity index (χ0n) is 32.4. The number of amides is 2. The third kappa shape index (κ3) is 15.0. The highest BCUT2D eigenvalue weighted by Gasteiger charge is 2.20. The summed E-state index contributed by atoms with van der Waals surface area (Å²) in [4.78, 5) is 41.7. The van der Waals surface area contributed by atoms with Gasteiger partial charge in [0.2, 0.25) is 7.84 Å². The number of anilines is 1. The van der Waals surface area contributed by atoms with E-state index in [0.29, 0.717) is 27.7 Å². The lowest BCUT2D eigenvalue weighted by atomic mass is 10.0. The molecule has 56 heavy (non-hydrogen) atoms. The van der Waals surface area contributed by atoms with Gasteiger partial charge in [-0.15, -0.1) is 0 Å². The Hall–Kier alpha value is -4.88. The van der Waals surface area contributed by atoms with Gasteiger partial charge < -0.3 is 15.0 Å². The summed E-state index contributed by atoms with van der Waals surface area (Å²) in [7, 11) is 0. The molecule has 0 fully saturated rings. The Morgan fingerprint density at radius 1 is 0.946 bits per heavy atom. The number of nitrogens with zero attached hydrogens (tertiary/aromatic N) is 5. The first kappa shape index (κ1) is 45.5. The number of rotatable bonds is 14. The molecule has 0 saturated heterocycles. The number of halogens is 4. The molecule has 3 atom stereocenters. The van der Waals surface area contributed by atoms with Crippen molar-refractivity contribution in [2.45, 2.75) is 72.3 Å². The molecule has 302 valence electrons. The van der Waals surface area contributed by atoms with Gasteiger partial charge in [0.1, 0.15) is 12.1 Å². The third-order valence-electron chi connectivity index (χ3n) is 7.88. The lowest BCUT2D eigenvalue weighted by molar-refractivity contribution is -0.111. The summed E-state index contributed by atoms with van der Waals surface area (Å²) < 4.78 is 46.2. The van der Waals surface area contributed by atoms with E-state index in [1.807, 2.05) is 65.0 Å². The number of carbonyl (C=O) groups is 2. The van der Waals surface area contributed by atoms with Crippen LogP contribution in [-0.2, 0) is 16.1 Å². The van der Waals surface area contributed by atoms with Crippen LogP contribution >= 0.6 is 31.9 Å². The molecule has 3 aromatic heterocycles. The molecule has 0 saturated carbocycles. The van der Waals surface area contributed by atoms with Crippen LogP contribution in [0.2, 0.25) is 0 Å². The molecule has 5 N–H and O–H groups in total. The molecule has 0 aliphatic heterocycles. The Morgan fingerprint density at radius 3 is 2.11 bits per heavy atom. The molecule has 2 aromatic carbocycles. The standard InChI is InChI=1S/C13H16BrFN4O.C13H20N2O2.C12H8BrFN2O2.H2O/c1-4-11(8(2)3)19-13(20)18(7-17-19)12-10(15)5-9(14)6-16-12;1-3-13(15-14-10-16)11(2)17-9-12-7-5-4-6-8-12;13-8-6-10(14)11(15-7-8)16-12(17)18-9-4-2-1-3-5-9;/h5-8,11H,4H2,1-3H3;4-8,10-11,13,15H,3,9H2,1-2H3,(H,14,16);1-7H,(H,15,16,17);1H2/t11-;11-,13-;;/m00../s1/i/hD. The highest BCUT2D eigenvalue weighted by molar-refractivity contribution is 9.10. The molecule has 0 aliphatic carbocycles. The molecule has 3 heterocycles. The van der Waals surface area contributed by atoms with Crippen molar-refractivity contribution in [2.75, 3.05) is 5.32 Å². The first-order chi connectivity index (χ1) is 27.4. The van der Waals surface area contributed by atoms with E-state index < -0.39 is 17.7 Å². The van der Waals surface area contributed by atoms with Gasteiger partial charge in [0.25, 0.3) is 0 Å². The molecule has 5 aromatic rings. The number of pyridine rings is 2. The SMILES string of the molecule is CC[C@@H](C(C)C)n1ncn(-c2ncc(Br)cc2F)c1=O.CC[C@H](NNC=O)[C@H](C)OCc1ccccc1.O=C(Nc1ncc(Br)cc1F)Oc1ccccc1.[2H]O. The van der Waals surface area contributed by atoms with E-state index in [1.54, 1.807) is 30.3 Å². The fraction of sp³-hybridized carbons (Fsp3) is 0.316. The molecule has 0 spiro atoms. The van der Waals surface area contributed by atoms with Crippen molar-refractivity contribution in [2.24, 2.45) is 5.92 Å². The zero-order valence-corrected chi connectivity index (χ0v) is 34.6. The number of ether oxygens (including phenoxy) is 2. The molecule has 18 heteroatoms. The second-order valence-electron chi connectivity index (χ2n) is 12.1. The van der Waals surface area contributed by atoms with Crippen molar-refractivity contribution in [3.05, 3.63) is 128 Å². The summed E-state index contributed by atoms with van der Waals surface area (Å²) in [5.74, 6) is -0.800. The van der Waals surface area contributed by atoms with Crippen LogP contribution in [0.15, 0.2) is 105 Å². The van der Waals surface area contributed by atoms with Gasteiger partial charge in [-0.05, 0) is 87.4 Å². The van der Waals surface area contributed by atoms with Gasteiger partial charge >= 0.3 is 11.8 Å².